The molecule has 3 aliphatic rings. The number of morpholine rings is 1. The van der Waals surface area contributed by atoms with E-state index in [1.54, 1.807) is 12.4 Å². The highest BCUT2D eigenvalue weighted by atomic mass is 16.7. The number of hydrogen-bond donors (Lipinski definition) is 2. The first kappa shape index (κ1) is 26.0. The van der Waals surface area contributed by atoms with Crippen molar-refractivity contribution in [1.29, 1.82) is 0 Å². The van der Waals surface area contributed by atoms with Gasteiger partial charge >= 0.3 is 6.03 Å². The number of carbonyl (C=O) groups excluding carboxylic acids is 1. The largest absolute Gasteiger partial charge is 0.374 e. The van der Waals surface area contributed by atoms with Crippen LogP contribution in [-0.4, -0.2) is 53.0 Å². The summed E-state index contributed by atoms with van der Waals surface area (Å²) < 4.78 is 5.71. The van der Waals surface area contributed by atoms with E-state index in [1.807, 2.05) is 66.7 Å². The molecule has 0 saturated carbocycles. The van der Waals surface area contributed by atoms with E-state index in [0.717, 1.165) is 42.8 Å². The first-order chi connectivity index (χ1) is 20.7. The van der Waals surface area contributed by atoms with Gasteiger partial charge in [0.1, 0.15) is 0 Å². The van der Waals surface area contributed by atoms with Crippen LogP contribution in [0.4, 0.5) is 27.8 Å². The van der Waals surface area contributed by atoms with E-state index in [2.05, 4.69) is 49.5 Å². The van der Waals surface area contributed by atoms with Gasteiger partial charge in [0.25, 0.3) is 0 Å². The molecule has 2 amide bonds. The Hall–Kier alpha value is -4.91. The number of ether oxygens (including phenoxy) is 1. The van der Waals surface area contributed by atoms with Gasteiger partial charge in [-0.15, -0.1) is 0 Å². The van der Waals surface area contributed by atoms with Crippen molar-refractivity contribution >= 4 is 29.0 Å². The number of anilines is 4. The second-order valence-electron chi connectivity index (χ2n) is 10.6. The van der Waals surface area contributed by atoms with Crippen LogP contribution in [0.15, 0.2) is 91.3 Å². The number of nitrogens with zero attached hydrogens (tertiary/aromatic N) is 4. The number of urea groups is 1. The molecule has 0 unspecified atom stereocenters. The third kappa shape index (κ3) is 5.63. The van der Waals surface area contributed by atoms with E-state index in [-0.39, 0.29) is 12.1 Å². The Labute approximate surface area is 244 Å². The van der Waals surface area contributed by atoms with Crippen molar-refractivity contribution in [2.75, 3.05) is 35.3 Å². The van der Waals surface area contributed by atoms with Gasteiger partial charge < -0.3 is 20.3 Å². The molecule has 9 heteroatoms. The Bertz CT molecular complexity index is 1620. The number of fused-ring (bicyclic) bond motifs is 2. The summed E-state index contributed by atoms with van der Waals surface area (Å²) in [6, 6.07) is 25.7. The number of hydroxylamine groups is 2. The Morgan fingerprint density at radius 1 is 0.905 bits per heavy atom. The molecule has 42 heavy (non-hydrogen) atoms. The van der Waals surface area contributed by atoms with Gasteiger partial charge in [-0.05, 0) is 54.4 Å². The van der Waals surface area contributed by atoms with Crippen molar-refractivity contribution in [2.45, 2.75) is 31.0 Å². The lowest BCUT2D eigenvalue weighted by atomic mass is 10.1. The van der Waals surface area contributed by atoms with Crippen LogP contribution < -0.4 is 15.5 Å². The smallest absolute Gasteiger partial charge is 0.346 e. The van der Waals surface area contributed by atoms with Crippen molar-refractivity contribution in [3.8, 4) is 11.8 Å². The molecule has 2 bridgehead atoms. The van der Waals surface area contributed by atoms with Crippen LogP contribution in [0.1, 0.15) is 35.6 Å². The van der Waals surface area contributed by atoms with Crippen molar-refractivity contribution in [3.63, 3.8) is 0 Å². The minimum Gasteiger partial charge on any atom is -0.374 e. The molecule has 3 aromatic carbocycles. The molecular formula is C33H30N6O3. The zero-order valence-corrected chi connectivity index (χ0v) is 22.9. The average molecular weight is 559 g/mol. The number of amides is 2. The number of aromatic nitrogens is 2. The molecule has 0 radical (unpaired) electrons. The fourth-order valence-electron chi connectivity index (χ4n) is 5.68. The van der Waals surface area contributed by atoms with Gasteiger partial charge in [-0.3, -0.25) is 4.84 Å². The van der Waals surface area contributed by atoms with E-state index in [1.165, 1.54) is 10.8 Å². The molecule has 3 saturated heterocycles. The lowest BCUT2D eigenvalue weighted by molar-refractivity contribution is -0.0829. The van der Waals surface area contributed by atoms with Gasteiger partial charge in [-0.2, -0.15) is 5.06 Å². The van der Waals surface area contributed by atoms with Crippen LogP contribution in [0.2, 0.25) is 0 Å². The Balaban J connectivity index is 0.958. The zero-order valence-electron chi connectivity index (χ0n) is 22.9. The highest BCUT2D eigenvalue weighted by Gasteiger charge is 2.39. The van der Waals surface area contributed by atoms with Gasteiger partial charge in [0.15, 0.2) is 0 Å². The van der Waals surface area contributed by atoms with Crippen LogP contribution in [0.3, 0.4) is 0 Å². The molecule has 4 aromatic rings. The van der Waals surface area contributed by atoms with Crippen molar-refractivity contribution in [2.24, 2.45) is 0 Å². The van der Waals surface area contributed by atoms with E-state index >= 15 is 0 Å². The SMILES string of the molecule is O=C(Nc1cccc(C#Cc2cnc(Nc3ccc(N4C[C@@H]5C[C@H]4CO5)cc3)nc2)c1)N1OCC[C@H]1c1ccccc1. The molecule has 7 rings (SSSR count). The molecule has 210 valence electrons. The monoisotopic (exact) mass is 558 g/mol. The van der Waals surface area contributed by atoms with Crippen molar-refractivity contribution < 1.29 is 14.4 Å². The van der Waals surface area contributed by atoms with Gasteiger partial charge in [-0.1, -0.05) is 48.2 Å². The molecule has 0 aliphatic carbocycles. The Morgan fingerprint density at radius 3 is 2.48 bits per heavy atom. The maximum atomic E-state index is 13.0. The normalized spacial score (nSPS) is 20.7. The molecule has 3 aliphatic heterocycles. The highest BCUT2D eigenvalue weighted by molar-refractivity contribution is 5.89. The Kier molecular flexibility index (Phi) is 7.14. The highest BCUT2D eigenvalue weighted by Crippen LogP contribution is 2.33. The summed E-state index contributed by atoms with van der Waals surface area (Å²) in [7, 11) is 0. The summed E-state index contributed by atoms with van der Waals surface area (Å²) in [4.78, 5) is 29.9. The average Bonchev–Trinajstić information content (AvgIpc) is 3.80. The molecule has 9 nitrogen and oxygen atoms in total. The summed E-state index contributed by atoms with van der Waals surface area (Å²) >= 11 is 0. The van der Waals surface area contributed by atoms with Crippen molar-refractivity contribution in [3.05, 3.63) is 108 Å². The minimum atomic E-state index is -0.310. The van der Waals surface area contributed by atoms with Crippen LogP contribution in [0.5, 0.6) is 0 Å². The summed E-state index contributed by atoms with van der Waals surface area (Å²) in [6.45, 7) is 2.28. The van der Waals surface area contributed by atoms with Gasteiger partial charge in [-0.25, -0.2) is 14.8 Å². The maximum absolute atomic E-state index is 13.0. The number of hydrogen-bond acceptors (Lipinski definition) is 7. The third-order valence-corrected chi connectivity index (χ3v) is 7.76. The van der Waals surface area contributed by atoms with Gasteiger partial charge in [0.2, 0.25) is 5.95 Å². The zero-order chi connectivity index (χ0) is 28.3. The number of nitrogens with one attached hydrogen (secondary N) is 2. The van der Waals surface area contributed by atoms with Crippen molar-refractivity contribution in [1.82, 2.24) is 15.0 Å². The van der Waals surface area contributed by atoms with Crippen LogP contribution in [-0.2, 0) is 9.57 Å². The van der Waals surface area contributed by atoms with E-state index in [0.29, 0.717) is 36.0 Å². The molecule has 4 heterocycles. The van der Waals surface area contributed by atoms with Gasteiger partial charge in [0, 0.05) is 48.0 Å². The molecule has 3 fully saturated rings. The first-order valence-electron chi connectivity index (χ1n) is 14.2. The third-order valence-electron chi connectivity index (χ3n) is 7.76. The summed E-state index contributed by atoms with van der Waals surface area (Å²) in [5.74, 6) is 6.74. The first-order valence-corrected chi connectivity index (χ1v) is 14.2. The lowest BCUT2D eigenvalue weighted by Crippen LogP contribution is -2.36. The number of benzene rings is 3. The van der Waals surface area contributed by atoms with Gasteiger partial charge in [0.05, 0.1) is 37.0 Å². The second kappa shape index (κ2) is 11.5. The predicted octanol–water partition coefficient (Wildman–Crippen LogP) is 5.51. The molecule has 0 spiro atoms. The number of rotatable bonds is 5. The molecule has 3 atom stereocenters. The van der Waals surface area contributed by atoms with E-state index in [9.17, 15) is 4.79 Å². The molecular weight excluding hydrogens is 528 g/mol. The van der Waals surface area contributed by atoms with E-state index < -0.39 is 0 Å². The van der Waals surface area contributed by atoms with E-state index in [4.69, 9.17) is 9.57 Å². The summed E-state index contributed by atoms with van der Waals surface area (Å²) in [6.07, 6.45) is 5.63. The second-order valence-corrected chi connectivity index (χ2v) is 10.6. The fraction of sp³-hybridized carbons (Fsp3) is 0.242. The van der Waals surface area contributed by atoms with Crippen LogP contribution >= 0.6 is 0 Å². The number of carbonyl (C=O) groups is 1. The topological polar surface area (TPSA) is 91.9 Å². The molecule has 1 aromatic heterocycles. The Morgan fingerprint density at radius 2 is 1.71 bits per heavy atom. The standard InChI is InChI=1S/C33H30N6O3/c40-33(39-31(15-16-42-39)25-6-2-1-3-7-25)37-27-8-4-5-23(17-27)9-10-24-19-34-32(35-20-24)36-26-11-13-28(14-12-26)38-21-30-18-29(38)22-41-30/h1-8,11-14,17,19-20,29-31H,15-16,18,21-22H2,(H,37,40)(H,34,35,36)/t29-,30-,31-/m0/s1. The van der Waals surface area contributed by atoms with Crippen LogP contribution in [0.25, 0.3) is 0 Å². The van der Waals surface area contributed by atoms with Crippen LogP contribution in [0, 0.1) is 11.8 Å². The maximum Gasteiger partial charge on any atom is 0.346 e. The summed E-state index contributed by atoms with van der Waals surface area (Å²) in [5.41, 5.74) is 5.27. The molecule has 2 N–H and O–H groups in total. The fourth-order valence-corrected chi connectivity index (χ4v) is 5.68. The summed E-state index contributed by atoms with van der Waals surface area (Å²) in [5, 5.41) is 7.60. The quantitative estimate of drug-likeness (QED) is 0.312. The minimum absolute atomic E-state index is 0.119. The lowest BCUT2D eigenvalue weighted by Gasteiger charge is -2.29. The predicted molar refractivity (Wildman–Crippen MR) is 160 cm³/mol.